The molecule has 0 radical (unpaired) electrons. The fourth-order valence-corrected chi connectivity index (χ4v) is 2.03. The summed E-state index contributed by atoms with van der Waals surface area (Å²) in [6, 6.07) is 0.0832. The largest absolute Gasteiger partial charge is 0.349 e. The average Bonchev–Trinajstić information content (AvgIpc) is 2.47. The molecule has 1 heterocycles. The quantitative estimate of drug-likeness (QED) is 0.704. The van der Waals surface area contributed by atoms with E-state index in [0.29, 0.717) is 6.42 Å². The maximum Gasteiger partial charge on any atom is 0.223 e. The van der Waals surface area contributed by atoms with Gasteiger partial charge in [-0.1, -0.05) is 19.1 Å². The predicted octanol–water partition coefficient (Wildman–Crippen LogP) is 2.13. The highest BCUT2D eigenvalue weighted by atomic mass is 19.1. The molecule has 82 valence electrons. The molecule has 0 aromatic carbocycles. The number of nitrogens with one attached hydrogen (secondary N) is 1. The molecule has 0 aromatic rings. The Morgan fingerprint density at radius 2 is 2.33 bits per heavy atom. The summed E-state index contributed by atoms with van der Waals surface area (Å²) < 4.78 is 13.5. The third-order valence-corrected chi connectivity index (χ3v) is 3.12. The van der Waals surface area contributed by atoms with E-state index in [1.165, 1.54) is 0 Å². The van der Waals surface area contributed by atoms with Crippen LogP contribution in [0.1, 0.15) is 26.7 Å². The smallest absolute Gasteiger partial charge is 0.223 e. The van der Waals surface area contributed by atoms with Gasteiger partial charge >= 0.3 is 0 Å². The summed E-state index contributed by atoms with van der Waals surface area (Å²) in [6.07, 6.45) is 6.49. The molecule has 1 N–H and O–H groups in total. The number of carbonyl (C=O) groups excluding carboxylic acids is 1. The van der Waals surface area contributed by atoms with Crippen molar-refractivity contribution in [2.24, 2.45) is 5.92 Å². The summed E-state index contributed by atoms with van der Waals surface area (Å²) >= 11 is 0. The predicted molar refractivity (Wildman–Crippen MR) is 57.1 cm³/mol. The molecule has 1 aliphatic carbocycles. The van der Waals surface area contributed by atoms with Crippen LogP contribution in [0, 0.1) is 5.92 Å². The first-order valence-corrected chi connectivity index (χ1v) is 5.36. The van der Waals surface area contributed by atoms with Crippen LogP contribution in [0.15, 0.2) is 23.8 Å². The van der Waals surface area contributed by atoms with Crippen LogP contribution in [0.25, 0.3) is 0 Å². The van der Waals surface area contributed by atoms with Crippen molar-refractivity contribution in [1.82, 2.24) is 5.32 Å². The molecule has 1 aliphatic heterocycles. The Kier molecular flexibility index (Phi) is 2.41. The van der Waals surface area contributed by atoms with Crippen LogP contribution in [-0.2, 0) is 4.79 Å². The normalized spacial score (nSPS) is 40.2. The Labute approximate surface area is 89.2 Å². The number of alkyl halides is 1. The standard InChI is InChI=1S/C12H16FNO/c1-8-7-10(14-11(8)15)9-3-5-12(2,13)6-4-9/h3-5,8,10H,6-7H2,1-2H3,(H,14,15). The van der Waals surface area contributed by atoms with Crippen LogP contribution < -0.4 is 5.32 Å². The monoisotopic (exact) mass is 209 g/mol. The molecule has 2 aliphatic rings. The molecule has 1 fully saturated rings. The number of halogens is 1. The van der Waals surface area contributed by atoms with Gasteiger partial charge in [0.25, 0.3) is 0 Å². The first-order chi connectivity index (χ1) is 6.98. The van der Waals surface area contributed by atoms with Gasteiger partial charge in [0, 0.05) is 12.3 Å². The zero-order valence-corrected chi connectivity index (χ0v) is 9.09. The number of amides is 1. The molecular formula is C12H16FNO. The number of hydrogen-bond acceptors (Lipinski definition) is 1. The van der Waals surface area contributed by atoms with Crippen LogP contribution >= 0.6 is 0 Å². The number of hydrogen-bond donors (Lipinski definition) is 1. The van der Waals surface area contributed by atoms with Gasteiger partial charge in [-0.2, -0.15) is 0 Å². The summed E-state index contributed by atoms with van der Waals surface area (Å²) in [5, 5.41) is 2.92. The summed E-state index contributed by atoms with van der Waals surface area (Å²) in [5.74, 6) is 0.172. The van der Waals surface area contributed by atoms with Crippen LogP contribution in [0.5, 0.6) is 0 Å². The van der Waals surface area contributed by atoms with Crippen molar-refractivity contribution in [3.8, 4) is 0 Å². The highest BCUT2D eigenvalue weighted by molar-refractivity contribution is 5.81. The van der Waals surface area contributed by atoms with Crippen molar-refractivity contribution >= 4 is 5.91 Å². The van der Waals surface area contributed by atoms with Crippen LogP contribution in [-0.4, -0.2) is 17.6 Å². The summed E-state index contributed by atoms with van der Waals surface area (Å²) in [5.41, 5.74) is -0.180. The van der Waals surface area contributed by atoms with Gasteiger partial charge in [0.05, 0.1) is 6.04 Å². The van der Waals surface area contributed by atoms with Gasteiger partial charge in [-0.05, 0) is 25.0 Å². The highest BCUT2D eigenvalue weighted by Crippen LogP contribution is 2.29. The van der Waals surface area contributed by atoms with Crippen LogP contribution in [0.2, 0.25) is 0 Å². The summed E-state index contributed by atoms with van der Waals surface area (Å²) in [7, 11) is 0. The van der Waals surface area contributed by atoms with E-state index >= 15 is 0 Å². The van der Waals surface area contributed by atoms with E-state index in [4.69, 9.17) is 0 Å². The van der Waals surface area contributed by atoms with Crippen LogP contribution in [0.3, 0.4) is 0 Å². The van der Waals surface area contributed by atoms with Crippen LogP contribution in [0.4, 0.5) is 4.39 Å². The Morgan fingerprint density at radius 1 is 1.60 bits per heavy atom. The third-order valence-electron chi connectivity index (χ3n) is 3.12. The maximum atomic E-state index is 13.5. The third kappa shape index (κ3) is 2.11. The minimum absolute atomic E-state index is 0.0722. The van der Waals surface area contributed by atoms with Crippen molar-refractivity contribution in [1.29, 1.82) is 0 Å². The second-order valence-corrected chi connectivity index (χ2v) is 4.72. The maximum absolute atomic E-state index is 13.5. The number of rotatable bonds is 1. The van der Waals surface area contributed by atoms with Gasteiger partial charge in [0.1, 0.15) is 5.67 Å². The Hall–Kier alpha value is -1.12. The van der Waals surface area contributed by atoms with Gasteiger partial charge in [-0.25, -0.2) is 4.39 Å². The van der Waals surface area contributed by atoms with Gasteiger partial charge < -0.3 is 5.32 Å². The lowest BCUT2D eigenvalue weighted by molar-refractivity contribution is -0.122. The molecule has 2 rings (SSSR count). The van der Waals surface area contributed by atoms with E-state index in [-0.39, 0.29) is 17.9 Å². The molecule has 0 spiro atoms. The fourth-order valence-electron chi connectivity index (χ4n) is 2.03. The first-order valence-electron chi connectivity index (χ1n) is 5.36. The van der Waals surface area contributed by atoms with Gasteiger partial charge in [0.15, 0.2) is 0 Å². The molecule has 3 unspecified atom stereocenters. The van der Waals surface area contributed by atoms with E-state index in [1.54, 1.807) is 19.1 Å². The fraction of sp³-hybridized carbons (Fsp3) is 0.583. The minimum atomic E-state index is -1.22. The van der Waals surface area contributed by atoms with E-state index in [0.717, 1.165) is 12.0 Å². The summed E-state index contributed by atoms with van der Waals surface area (Å²) in [6.45, 7) is 3.48. The molecule has 3 atom stereocenters. The molecule has 3 heteroatoms. The molecule has 2 nitrogen and oxygen atoms in total. The molecule has 1 saturated heterocycles. The van der Waals surface area contributed by atoms with Crippen molar-refractivity contribution in [3.63, 3.8) is 0 Å². The lowest BCUT2D eigenvalue weighted by atomic mass is 9.91. The SMILES string of the molecule is CC1CC(C2=CCC(C)(F)C=C2)NC1=O. The van der Waals surface area contributed by atoms with Gasteiger partial charge in [-0.3, -0.25) is 4.79 Å². The second-order valence-electron chi connectivity index (χ2n) is 4.72. The first kappa shape index (κ1) is 10.4. The molecule has 15 heavy (non-hydrogen) atoms. The molecular weight excluding hydrogens is 193 g/mol. The lowest BCUT2D eigenvalue weighted by Gasteiger charge is -2.21. The Balaban J connectivity index is 2.06. The lowest BCUT2D eigenvalue weighted by Crippen LogP contribution is -2.29. The van der Waals surface area contributed by atoms with Crippen molar-refractivity contribution < 1.29 is 9.18 Å². The summed E-state index contributed by atoms with van der Waals surface area (Å²) in [4.78, 5) is 11.3. The molecule has 1 amide bonds. The molecule has 0 saturated carbocycles. The zero-order chi connectivity index (χ0) is 11.1. The van der Waals surface area contributed by atoms with E-state index in [1.807, 2.05) is 13.0 Å². The van der Waals surface area contributed by atoms with Crippen molar-refractivity contribution in [2.75, 3.05) is 0 Å². The topological polar surface area (TPSA) is 29.1 Å². The number of allylic oxidation sites excluding steroid dienone is 2. The average molecular weight is 209 g/mol. The van der Waals surface area contributed by atoms with Gasteiger partial charge in [-0.15, -0.1) is 0 Å². The van der Waals surface area contributed by atoms with Crippen molar-refractivity contribution in [3.05, 3.63) is 23.8 Å². The van der Waals surface area contributed by atoms with Crippen molar-refractivity contribution in [2.45, 2.75) is 38.4 Å². The Morgan fingerprint density at radius 3 is 2.80 bits per heavy atom. The van der Waals surface area contributed by atoms with E-state index < -0.39 is 5.67 Å². The van der Waals surface area contributed by atoms with E-state index in [2.05, 4.69) is 5.32 Å². The highest BCUT2D eigenvalue weighted by Gasteiger charge is 2.31. The molecule has 0 bridgehead atoms. The van der Waals surface area contributed by atoms with Gasteiger partial charge in [0.2, 0.25) is 5.91 Å². The zero-order valence-electron chi connectivity index (χ0n) is 9.09. The number of carbonyl (C=O) groups is 1. The minimum Gasteiger partial charge on any atom is -0.349 e. The molecule has 0 aromatic heterocycles. The van der Waals surface area contributed by atoms with E-state index in [9.17, 15) is 9.18 Å². The Bertz CT molecular complexity index is 344. The second kappa shape index (κ2) is 3.47.